The summed E-state index contributed by atoms with van der Waals surface area (Å²) in [5.74, 6) is 0.227. The third-order valence-electron chi connectivity index (χ3n) is 1.41. The van der Waals surface area contributed by atoms with Crippen LogP contribution < -0.4 is 5.43 Å². The lowest BCUT2D eigenvalue weighted by atomic mass is 10.3. The van der Waals surface area contributed by atoms with E-state index in [1.54, 1.807) is 12.1 Å². The zero-order valence-electron chi connectivity index (χ0n) is 7.80. The van der Waals surface area contributed by atoms with Crippen LogP contribution in [0, 0.1) is 0 Å². The van der Waals surface area contributed by atoms with E-state index in [1.807, 2.05) is 0 Å². The van der Waals surface area contributed by atoms with Crippen LogP contribution in [0.1, 0.15) is 19.1 Å². The number of carbonyl (C=O) groups is 1. The van der Waals surface area contributed by atoms with Crippen LogP contribution in [-0.4, -0.2) is 23.3 Å². The standard InChI is InChI=1S/C9H12N2O3/c1-7(12)5-9(13)11-10-6-8-3-2-4-14-8/h2-4,6-7,12H,5H2,1H3,(H,11,13)/b10-6+. The average molecular weight is 196 g/mol. The summed E-state index contributed by atoms with van der Waals surface area (Å²) >= 11 is 0. The quantitative estimate of drug-likeness (QED) is 0.544. The van der Waals surface area contributed by atoms with Gasteiger partial charge in [0.15, 0.2) is 0 Å². The summed E-state index contributed by atoms with van der Waals surface area (Å²) in [6.07, 6.45) is 2.28. The van der Waals surface area contributed by atoms with Gasteiger partial charge in [-0.1, -0.05) is 0 Å². The van der Waals surface area contributed by atoms with Crippen LogP contribution >= 0.6 is 0 Å². The van der Waals surface area contributed by atoms with Crippen molar-refractivity contribution < 1.29 is 14.3 Å². The molecule has 1 unspecified atom stereocenters. The third kappa shape index (κ3) is 3.86. The number of rotatable bonds is 4. The van der Waals surface area contributed by atoms with Crippen molar-refractivity contribution in [2.24, 2.45) is 5.10 Å². The molecule has 0 spiro atoms. The van der Waals surface area contributed by atoms with E-state index in [2.05, 4.69) is 10.5 Å². The van der Waals surface area contributed by atoms with Crippen molar-refractivity contribution in [3.05, 3.63) is 24.2 Å². The maximum atomic E-state index is 11.0. The smallest absolute Gasteiger partial charge is 0.242 e. The first-order valence-electron chi connectivity index (χ1n) is 4.22. The molecule has 0 bridgehead atoms. The number of aliphatic hydroxyl groups excluding tert-OH is 1. The number of nitrogens with zero attached hydrogens (tertiary/aromatic N) is 1. The van der Waals surface area contributed by atoms with Gasteiger partial charge in [-0.3, -0.25) is 4.79 Å². The fourth-order valence-corrected chi connectivity index (χ4v) is 0.847. The number of amides is 1. The number of nitrogens with one attached hydrogen (secondary N) is 1. The number of aliphatic hydroxyl groups is 1. The minimum atomic E-state index is -0.659. The topological polar surface area (TPSA) is 74.8 Å². The second-order valence-electron chi connectivity index (χ2n) is 2.86. The van der Waals surface area contributed by atoms with Gasteiger partial charge in [-0.15, -0.1) is 0 Å². The van der Waals surface area contributed by atoms with Gasteiger partial charge >= 0.3 is 0 Å². The molecular formula is C9H12N2O3. The Hall–Kier alpha value is -1.62. The summed E-state index contributed by atoms with van der Waals surface area (Å²) in [5, 5.41) is 12.5. The largest absolute Gasteiger partial charge is 0.463 e. The number of carbonyl (C=O) groups excluding carboxylic acids is 1. The van der Waals surface area contributed by atoms with E-state index in [4.69, 9.17) is 9.52 Å². The second-order valence-corrected chi connectivity index (χ2v) is 2.86. The molecule has 1 aromatic heterocycles. The molecule has 2 N–H and O–H groups in total. The van der Waals surface area contributed by atoms with Gasteiger partial charge in [-0.2, -0.15) is 5.10 Å². The van der Waals surface area contributed by atoms with E-state index in [0.717, 1.165) is 0 Å². The van der Waals surface area contributed by atoms with E-state index in [1.165, 1.54) is 19.4 Å². The number of hydrogen-bond acceptors (Lipinski definition) is 4. The van der Waals surface area contributed by atoms with Crippen molar-refractivity contribution in [3.63, 3.8) is 0 Å². The Morgan fingerprint density at radius 3 is 3.21 bits per heavy atom. The van der Waals surface area contributed by atoms with E-state index >= 15 is 0 Å². The van der Waals surface area contributed by atoms with Gasteiger partial charge in [0.1, 0.15) is 5.76 Å². The maximum Gasteiger partial charge on any atom is 0.242 e. The normalized spacial score (nSPS) is 13.0. The Kier molecular flexibility index (Phi) is 3.87. The highest BCUT2D eigenvalue weighted by atomic mass is 16.3. The molecule has 1 heterocycles. The van der Waals surface area contributed by atoms with Crippen LogP contribution in [-0.2, 0) is 4.79 Å². The van der Waals surface area contributed by atoms with Crippen LogP contribution in [0.5, 0.6) is 0 Å². The molecular weight excluding hydrogens is 184 g/mol. The predicted molar refractivity (Wildman–Crippen MR) is 50.7 cm³/mol. The average Bonchev–Trinajstić information content (AvgIpc) is 2.55. The van der Waals surface area contributed by atoms with Crippen molar-refractivity contribution >= 4 is 12.1 Å². The highest BCUT2D eigenvalue weighted by Crippen LogP contribution is 1.94. The lowest BCUT2D eigenvalue weighted by Crippen LogP contribution is -2.21. The monoisotopic (exact) mass is 196 g/mol. The Bertz CT molecular complexity index is 304. The zero-order valence-corrected chi connectivity index (χ0v) is 7.80. The van der Waals surface area contributed by atoms with Crippen molar-refractivity contribution in [1.29, 1.82) is 0 Å². The second kappa shape index (κ2) is 5.18. The first-order valence-corrected chi connectivity index (χ1v) is 4.22. The van der Waals surface area contributed by atoms with Gasteiger partial charge in [0.2, 0.25) is 5.91 Å². The highest BCUT2D eigenvalue weighted by molar-refractivity contribution is 5.80. The molecule has 14 heavy (non-hydrogen) atoms. The zero-order chi connectivity index (χ0) is 10.4. The molecule has 0 fully saturated rings. The summed E-state index contributed by atoms with van der Waals surface area (Å²) in [7, 11) is 0. The molecule has 0 aliphatic carbocycles. The Balaban J connectivity index is 2.30. The van der Waals surface area contributed by atoms with Crippen LogP contribution in [0.15, 0.2) is 27.9 Å². The highest BCUT2D eigenvalue weighted by Gasteiger charge is 2.03. The minimum absolute atomic E-state index is 0.0372. The summed E-state index contributed by atoms with van der Waals surface area (Å²) in [6.45, 7) is 1.54. The Labute approximate surface area is 81.4 Å². The van der Waals surface area contributed by atoms with Crippen molar-refractivity contribution in [3.8, 4) is 0 Å². The molecule has 0 saturated heterocycles. The SMILES string of the molecule is CC(O)CC(=O)N/N=C/c1ccco1. The molecule has 5 heteroatoms. The maximum absolute atomic E-state index is 11.0. The lowest BCUT2D eigenvalue weighted by molar-refractivity contribution is -0.122. The van der Waals surface area contributed by atoms with Gasteiger partial charge in [0.25, 0.3) is 0 Å². The van der Waals surface area contributed by atoms with Crippen molar-refractivity contribution in [1.82, 2.24) is 5.43 Å². The van der Waals surface area contributed by atoms with Crippen LogP contribution in [0.25, 0.3) is 0 Å². The summed E-state index contributed by atoms with van der Waals surface area (Å²) in [5.41, 5.74) is 2.26. The van der Waals surface area contributed by atoms with Gasteiger partial charge in [-0.05, 0) is 19.1 Å². The molecule has 1 rings (SSSR count). The van der Waals surface area contributed by atoms with Crippen LogP contribution in [0.4, 0.5) is 0 Å². The molecule has 1 amide bonds. The van der Waals surface area contributed by atoms with Gasteiger partial charge < -0.3 is 9.52 Å². The van der Waals surface area contributed by atoms with E-state index < -0.39 is 6.10 Å². The van der Waals surface area contributed by atoms with Crippen LogP contribution in [0.3, 0.4) is 0 Å². The molecule has 0 aliphatic rings. The Morgan fingerprint density at radius 2 is 2.64 bits per heavy atom. The van der Waals surface area contributed by atoms with Gasteiger partial charge in [0.05, 0.1) is 25.0 Å². The van der Waals surface area contributed by atoms with Crippen molar-refractivity contribution in [2.45, 2.75) is 19.4 Å². The lowest BCUT2D eigenvalue weighted by Gasteiger charge is -2.00. The first kappa shape index (κ1) is 10.5. The molecule has 0 aromatic carbocycles. The van der Waals surface area contributed by atoms with Crippen LogP contribution in [0.2, 0.25) is 0 Å². The predicted octanol–water partition coefficient (Wildman–Crippen LogP) is 0.501. The summed E-state index contributed by atoms with van der Waals surface area (Å²) in [6, 6.07) is 3.43. The third-order valence-corrected chi connectivity index (χ3v) is 1.41. The molecule has 5 nitrogen and oxygen atoms in total. The summed E-state index contributed by atoms with van der Waals surface area (Å²) < 4.78 is 4.95. The first-order chi connectivity index (χ1) is 6.68. The van der Waals surface area contributed by atoms with E-state index in [-0.39, 0.29) is 12.3 Å². The number of furan rings is 1. The fourth-order valence-electron chi connectivity index (χ4n) is 0.847. The Morgan fingerprint density at radius 1 is 1.86 bits per heavy atom. The number of hydrazone groups is 1. The molecule has 76 valence electrons. The number of hydrogen-bond donors (Lipinski definition) is 2. The van der Waals surface area contributed by atoms with Gasteiger partial charge in [-0.25, -0.2) is 5.43 Å². The molecule has 0 radical (unpaired) electrons. The molecule has 0 aliphatic heterocycles. The molecule has 0 saturated carbocycles. The molecule has 1 aromatic rings. The van der Waals surface area contributed by atoms with E-state index in [9.17, 15) is 4.79 Å². The van der Waals surface area contributed by atoms with Gasteiger partial charge in [0, 0.05) is 0 Å². The van der Waals surface area contributed by atoms with Crippen molar-refractivity contribution in [2.75, 3.05) is 0 Å². The fraction of sp³-hybridized carbons (Fsp3) is 0.333. The minimum Gasteiger partial charge on any atom is -0.463 e. The molecule has 1 atom stereocenters. The summed E-state index contributed by atoms with van der Waals surface area (Å²) in [4.78, 5) is 11.0. The van der Waals surface area contributed by atoms with E-state index in [0.29, 0.717) is 5.76 Å².